The van der Waals surface area contributed by atoms with Gasteiger partial charge in [0.2, 0.25) is 0 Å². The van der Waals surface area contributed by atoms with Crippen LogP contribution in [0.4, 0.5) is 0 Å². The van der Waals surface area contributed by atoms with Crippen LogP contribution in [0, 0.1) is 0 Å². The Kier molecular flexibility index (Phi) is 5.68. The molecule has 0 saturated carbocycles. The molecule has 3 heteroatoms. The van der Waals surface area contributed by atoms with Gasteiger partial charge in [-0.1, -0.05) is 30.2 Å². The van der Waals surface area contributed by atoms with Gasteiger partial charge in [-0.2, -0.15) is 0 Å². The molecule has 1 heterocycles. The first-order valence-corrected chi connectivity index (χ1v) is 7.76. The molecule has 2 rings (SSSR count). The first-order valence-electron chi connectivity index (χ1n) is 7.38. The topological polar surface area (TPSA) is 15.3 Å². The molecule has 2 unspecified atom stereocenters. The fourth-order valence-electron chi connectivity index (χ4n) is 3.09. The number of nitrogens with zero attached hydrogens (tertiary/aromatic N) is 1. The molecule has 19 heavy (non-hydrogen) atoms. The molecule has 1 aliphatic heterocycles. The average molecular weight is 281 g/mol. The van der Waals surface area contributed by atoms with E-state index in [1.807, 2.05) is 19.2 Å². The lowest BCUT2D eigenvalue weighted by molar-refractivity contribution is 0.0972. The van der Waals surface area contributed by atoms with Crippen LogP contribution in [0.1, 0.15) is 44.2 Å². The van der Waals surface area contributed by atoms with E-state index in [1.54, 1.807) is 0 Å². The highest BCUT2D eigenvalue weighted by Crippen LogP contribution is 2.30. The number of halogens is 1. The summed E-state index contributed by atoms with van der Waals surface area (Å²) in [6.45, 7) is 4.65. The Labute approximate surface area is 122 Å². The van der Waals surface area contributed by atoms with Crippen LogP contribution in [-0.2, 0) is 0 Å². The zero-order chi connectivity index (χ0) is 13.7. The van der Waals surface area contributed by atoms with E-state index in [4.69, 9.17) is 11.6 Å². The Balaban J connectivity index is 2.05. The number of piperidine rings is 1. The lowest BCUT2D eigenvalue weighted by Gasteiger charge is -2.40. The quantitative estimate of drug-likeness (QED) is 0.881. The van der Waals surface area contributed by atoms with Crippen molar-refractivity contribution in [3.05, 3.63) is 34.9 Å². The van der Waals surface area contributed by atoms with Gasteiger partial charge in [0.1, 0.15) is 0 Å². The number of hydrogen-bond donors (Lipinski definition) is 1. The number of benzene rings is 1. The van der Waals surface area contributed by atoms with Crippen LogP contribution in [0.5, 0.6) is 0 Å². The van der Waals surface area contributed by atoms with Crippen LogP contribution in [-0.4, -0.2) is 31.1 Å². The normalized spacial score (nSPS) is 22.4. The summed E-state index contributed by atoms with van der Waals surface area (Å²) in [5.74, 6) is 0. The first kappa shape index (κ1) is 14.8. The Hall–Kier alpha value is -0.570. The molecule has 0 amide bonds. The lowest BCUT2D eigenvalue weighted by atomic mass is 9.95. The molecule has 106 valence electrons. The lowest BCUT2D eigenvalue weighted by Crippen LogP contribution is -2.42. The molecule has 1 aromatic carbocycles. The molecule has 0 aliphatic carbocycles. The van der Waals surface area contributed by atoms with Gasteiger partial charge in [-0.3, -0.25) is 4.90 Å². The van der Waals surface area contributed by atoms with Crippen LogP contribution < -0.4 is 5.32 Å². The van der Waals surface area contributed by atoms with E-state index in [-0.39, 0.29) is 0 Å². The zero-order valence-electron chi connectivity index (χ0n) is 12.0. The Morgan fingerprint density at radius 1 is 1.32 bits per heavy atom. The highest BCUT2D eigenvalue weighted by atomic mass is 35.5. The maximum absolute atomic E-state index is 5.98. The van der Waals surface area contributed by atoms with Gasteiger partial charge in [0.25, 0.3) is 0 Å². The van der Waals surface area contributed by atoms with E-state index in [0.717, 1.165) is 11.6 Å². The zero-order valence-corrected chi connectivity index (χ0v) is 12.8. The minimum absolute atomic E-state index is 0.486. The van der Waals surface area contributed by atoms with Gasteiger partial charge >= 0.3 is 0 Å². The van der Waals surface area contributed by atoms with Gasteiger partial charge in [0.15, 0.2) is 0 Å². The third-order valence-corrected chi connectivity index (χ3v) is 4.50. The predicted octanol–water partition coefficient (Wildman–Crippen LogP) is 3.87. The molecular weight excluding hydrogens is 256 g/mol. The Morgan fingerprint density at radius 3 is 2.74 bits per heavy atom. The van der Waals surface area contributed by atoms with Gasteiger partial charge in [-0.15, -0.1) is 0 Å². The third kappa shape index (κ3) is 3.95. The van der Waals surface area contributed by atoms with E-state index < -0.39 is 0 Å². The molecule has 1 saturated heterocycles. The standard InChI is InChI=1S/C16H25ClN2/c1-13(14-6-8-15(17)9-7-14)19-12-4-3-5-16(19)10-11-18-2/h6-9,13,16,18H,3-5,10-12H2,1-2H3. The summed E-state index contributed by atoms with van der Waals surface area (Å²) in [7, 11) is 2.04. The maximum atomic E-state index is 5.98. The van der Waals surface area contributed by atoms with Crippen molar-refractivity contribution in [3.8, 4) is 0 Å². The summed E-state index contributed by atoms with van der Waals surface area (Å²) in [5, 5.41) is 4.10. The van der Waals surface area contributed by atoms with Crippen molar-refractivity contribution in [2.75, 3.05) is 20.1 Å². The maximum Gasteiger partial charge on any atom is 0.0406 e. The molecule has 1 aromatic rings. The van der Waals surface area contributed by atoms with Crippen LogP contribution in [0.2, 0.25) is 5.02 Å². The number of hydrogen-bond acceptors (Lipinski definition) is 2. The van der Waals surface area contributed by atoms with Gasteiger partial charge in [-0.25, -0.2) is 0 Å². The second kappa shape index (κ2) is 7.28. The molecule has 0 spiro atoms. The predicted molar refractivity (Wildman–Crippen MR) is 82.8 cm³/mol. The van der Waals surface area contributed by atoms with Crippen molar-refractivity contribution in [3.63, 3.8) is 0 Å². The summed E-state index contributed by atoms with van der Waals surface area (Å²) >= 11 is 5.98. The highest BCUT2D eigenvalue weighted by molar-refractivity contribution is 6.30. The van der Waals surface area contributed by atoms with Gasteiger partial charge in [0, 0.05) is 17.1 Å². The minimum Gasteiger partial charge on any atom is -0.320 e. The van der Waals surface area contributed by atoms with Gasteiger partial charge < -0.3 is 5.32 Å². The molecule has 0 radical (unpaired) electrons. The van der Waals surface area contributed by atoms with Crippen molar-refractivity contribution in [1.82, 2.24) is 10.2 Å². The molecule has 1 fully saturated rings. The molecule has 2 nitrogen and oxygen atoms in total. The first-order chi connectivity index (χ1) is 9.22. The third-order valence-electron chi connectivity index (χ3n) is 4.25. The van der Waals surface area contributed by atoms with Crippen molar-refractivity contribution >= 4 is 11.6 Å². The highest BCUT2D eigenvalue weighted by Gasteiger charge is 2.26. The van der Waals surface area contributed by atoms with E-state index >= 15 is 0 Å². The summed E-state index contributed by atoms with van der Waals surface area (Å²) in [6, 6.07) is 9.53. The van der Waals surface area contributed by atoms with Gasteiger partial charge in [-0.05, 0) is 64.0 Å². The SMILES string of the molecule is CNCCC1CCCCN1C(C)c1ccc(Cl)cc1. The van der Waals surface area contributed by atoms with Crippen molar-refractivity contribution in [1.29, 1.82) is 0 Å². The van der Waals surface area contributed by atoms with Crippen molar-refractivity contribution in [2.45, 2.75) is 44.7 Å². The summed E-state index contributed by atoms with van der Waals surface area (Å²) in [6.07, 6.45) is 5.28. The van der Waals surface area contributed by atoms with Crippen LogP contribution in [0.25, 0.3) is 0 Å². The molecule has 0 bridgehead atoms. The van der Waals surface area contributed by atoms with Crippen molar-refractivity contribution in [2.24, 2.45) is 0 Å². The smallest absolute Gasteiger partial charge is 0.0406 e. The molecule has 0 aromatic heterocycles. The largest absolute Gasteiger partial charge is 0.320 e. The van der Waals surface area contributed by atoms with Crippen molar-refractivity contribution < 1.29 is 0 Å². The van der Waals surface area contributed by atoms with E-state index in [2.05, 4.69) is 29.3 Å². The minimum atomic E-state index is 0.486. The molecular formula is C16H25ClN2. The number of likely N-dealkylation sites (tertiary alicyclic amines) is 1. The average Bonchev–Trinajstić information content (AvgIpc) is 2.45. The Morgan fingerprint density at radius 2 is 2.05 bits per heavy atom. The fraction of sp³-hybridized carbons (Fsp3) is 0.625. The second-order valence-electron chi connectivity index (χ2n) is 5.51. The number of nitrogens with one attached hydrogen (secondary N) is 1. The van der Waals surface area contributed by atoms with E-state index in [9.17, 15) is 0 Å². The second-order valence-corrected chi connectivity index (χ2v) is 5.94. The summed E-state index contributed by atoms with van der Waals surface area (Å²) in [5.41, 5.74) is 1.38. The van der Waals surface area contributed by atoms with Gasteiger partial charge in [0.05, 0.1) is 0 Å². The monoisotopic (exact) mass is 280 g/mol. The van der Waals surface area contributed by atoms with Crippen LogP contribution >= 0.6 is 11.6 Å². The molecule has 1 N–H and O–H groups in total. The summed E-state index contributed by atoms with van der Waals surface area (Å²) in [4.78, 5) is 2.67. The Bertz CT molecular complexity index is 377. The fourth-order valence-corrected chi connectivity index (χ4v) is 3.21. The van der Waals surface area contributed by atoms with Crippen LogP contribution in [0.15, 0.2) is 24.3 Å². The van der Waals surface area contributed by atoms with E-state index in [0.29, 0.717) is 12.1 Å². The van der Waals surface area contributed by atoms with E-state index in [1.165, 1.54) is 37.8 Å². The molecule has 1 aliphatic rings. The van der Waals surface area contributed by atoms with Crippen LogP contribution in [0.3, 0.4) is 0 Å². The summed E-state index contributed by atoms with van der Waals surface area (Å²) < 4.78 is 0. The number of rotatable bonds is 5. The molecule has 2 atom stereocenters.